The Kier molecular flexibility index (Phi) is 9.73. The molecule has 1 aromatic heterocycles. The van der Waals surface area contributed by atoms with Gasteiger partial charge in [-0.05, 0) is 50.1 Å². The molecule has 0 aliphatic carbocycles. The number of amides is 1. The SMILES string of the molecule is COc1ccnc(C(=O)N[C@H]2COC[C@H](Cc3ccc(Cl)cc3Cl)[C@@H](Oc3ccc(C)cc3)[C@H](C)OC2=O)c1O. The third-order valence-corrected chi connectivity index (χ3v) is 7.14. The van der Waals surface area contributed by atoms with Crippen LogP contribution in [0.5, 0.6) is 17.2 Å². The number of halogens is 2. The summed E-state index contributed by atoms with van der Waals surface area (Å²) in [4.78, 5) is 30.0. The van der Waals surface area contributed by atoms with E-state index in [-0.39, 0.29) is 30.6 Å². The second-order valence-electron chi connectivity index (χ2n) is 9.51. The number of carbonyl (C=O) groups excluding carboxylic acids is 2. The van der Waals surface area contributed by atoms with Gasteiger partial charge in [0.1, 0.15) is 18.0 Å². The van der Waals surface area contributed by atoms with Gasteiger partial charge in [0.25, 0.3) is 5.91 Å². The van der Waals surface area contributed by atoms with Crippen LogP contribution in [0, 0.1) is 12.8 Å². The molecule has 40 heavy (non-hydrogen) atoms. The molecule has 1 aliphatic heterocycles. The standard InChI is InChI=1S/C29H30Cl2N2O7/c1-16-4-8-21(9-5-16)40-27-17(2)39-29(36)23(33-28(35)25-26(34)24(37-3)10-11-32-25)15-38-14-19(27)12-18-6-7-20(30)13-22(18)31/h4-11,13,17,19,23,27,34H,12,14-15H2,1-3H3,(H,33,35)/t17-,19-,23-,27-/m0/s1. The van der Waals surface area contributed by atoms with Crippen molar-refractivity contribution >= 4 is 35.1 Å². The van der Waals surface area contributed by atoms with Gasteiger partial charge in [0.2, 0.25) is 0 Å². The number of aromatic nitrogens is 1. The van der Waals surface area contributed by atoms with Gasteiger partial charge in [-0.2, -0.15) is 0 Å². The first-order valence-corrected chi connectivity index (χ1v) is 13.4. The highest BCUT2D eigenvalue weighted by Gasteiger charge is 2.37. The molecule has 212 valence electrons. The van der Waals surface area contributed by atoms with Crippen molar-refractivity contribution in [3.8, 4) is 17.2 Å². The summed E-state index contributed by atoms with van der Waals surface area (Å²) in [6, 6.07) is 13.1. The van der Waals surface area contributed by atoms with Gasteiger partial charge >= 0.3 is 5.97 Å². The smallest absolute Gasteiger partial charge is 0.331 e. The van der Waals surface area contributed by atoms with Gasteiger partial charge in [-0.25, -0.2) is 9.78 Å². The molecule has 2 heterocycles. The third-order valence-electron chi connectivity index (χ3n) is 6.55. The van der Waals surface area contributed by atoms with Crippen molar-refractivity contribution in [3.63, 3.8) is 0 Å². The maximum atomic E-state index is 13.2. The fourth-order valence-corrected chi connectivity index (χ4v) is 4.91. The van der Waals surface area contributed by atoms with Crippen molar-refractivity contribution in [1.29, 1.82) is 0 Å². The van der Waals surface area contributed by atoms with E-state index in [1.54, 1.807) is 19.1 Å². The Morgan fingerprint density at radius 3 is 2.60 bits per heavy atom. The number of aryl methyl sites for hydroxylation is 1. The van der Waals surface area contributed by atoms with Gasteiger partial charge in [-0.3, -0.25) is 4.79 Å². The van der Waals surface area contributed by atoms with Crippen LogP contribution < -0.4 is 14.8 Å². The average Bonchev–Trinajstić information content (AvgIpc) is 2.97. The predicted molar refractivity (Wildman–Crippen MR) is 149 cm³/mol. The summed E-state index contributed by atoms with van der Waals surface area (Å²) in [7, 11) is 1.35. The summed E-state index contributed by atoms with van der Waals surface area (Å²) in [5, 5.41) is 13.9. The Morgan fingerprint density at radius 1 is 1.15 bits per heavy atom. The first kappa shape index (κ1) is 29.5. The Morgan fingerprint density at radius 2 is 1.90 bits per heavy atom. The molecule has 4 rings (SSSR count). The lowest BCUT2D eigenvalue weighted by atomic mass is 9.91. The van der Waals surface area contributed by atoms with E-state index in [2.05, 4.69) is 10.3 Å². The molecule has 3 aromatic rings. The van der Waals surface area contributed by atoms with Crippen LogP contribution >= 0.6 is 23.2 Å². The van der Waals surface area contributed by atoms with Gasteiger partial charge in [0.05, 0.1) is 20.3 Å². The van der Waals surface area contributed by atoms with Gasteiger partial charge < -0.3 is 29.4 Å². The molecule has 0 unspecified atom stereocenters. The van der Waals surface area contributed by atoms with E-state index < -0.39 is 35.9 Å². The maximum absolute atomic E-state index is 13.2. The Hall–Kier alpha value is -3.53. The van der Waals surface area contributed by atoms with Crippen molar-refractivity contribution in [1.82, 2.24) is 10.3 Å². The Balaban J connectivity index is 1.58. The quantitative estimate of drug-likeness (QED) is 0.379. The fraction of sp³-hybridized carbons (Fsp3) is 0.345. The van der Waals surface area contributed by atoms with Crippen LogP contribution in [0.25, 0.3) is 0 Å². The number of cyclic esters (lactones) is 1. The lowest BCUT2D eigenvalue weighted by molar-refractivity contribution is -0.155. The number of carbonyl (C=O) groups is 2. The third kappa shape index (κ3) is 7.15. The molecule has 11 heteroatoms. The lowest BCUT2D eigenvalue weighted by Gasteiger charge is -2.31. The minimum atomic E-state index is -1.17. The normalized spacial score (nSPS) is 21.4. The van der Waals surface area contributed by atoms with Crippen LogP contribution in [0.4, 0.5) is 0 Å². The van der Waals surface area contributed by atoms with Gasteiger partial charge in [-0.15, -0.1) is 0 Å². The number of esters is 1. The molecule has 2 aromatic carbocycles. The van der Waals surface area contributed by atoms with Crippen molar-refractivity contribution < 1.29 is 33.6 Å². The number of nitrogens with one attached hydrogen (secondary N) is 1. The Bertz CT molecular complexity index is 1350. The van der Waals surface area contributed by atoms with E-state index in [0.717, 1.165) is 11.1 Å². The van der Waals surface area contributed by atoms with Crippen LogP contribution in [-0.4, -0.2) is 60.5 Å². The monoisotopic (exact) mass is 588 g/mol. The highest BCUT2D eigenvalue weighted by Crippen LogP contribution is 2.30. The van der Waals surface area contributed by atoms with Gasteiger partial charge in [0.15, 0.2) is 23.2 Å². The zero-order valence-corrected chi connectivity index (χ0v) is 23.7. The number of ether oxygens (including phenoxy) is 4. The van der Waals surface area contributed by atoms with Crippen LogP contribution in [-0.2, 0) is 20.7 Å². The molecule has 4 atom stereocenters. The van der Waals surface area contributed by atoms with Gasteiger partial charge in [0, 0.05) is 28.2 Å². The van der Waals surface area contributed by atoms with Gasteiger partial charge in [-0.1, -0.05) is 47.0 Å². The second-order valence-corrected chi connectivity index (χ2v) is 10.4. The molecule has 1 fully saturated rings. The van der Waals surface area contributed by atoms with Crippen LogP contribution in [0.2, 0.25) is 10.0 Å². The zero-order chi connectivity index (χ0) is 28.8. The molecule has 1 aliphatic rings. The van der Waals surface area contributed by atoms with Crippen LogP contribution in [0.15, 0.2) is 54.7 Å². The lowest BCUT2D eigenvalue weighted by Crippen LogP contribution is -2.47. The molecule has 2 N–H and O–H groups in total. The minimum Gasteiger partial charge on any atom is -0.503 e. The molecule has 1 saturated heterocycles. The average molecular weight is 589 g/mol. The molecular formula is C29H30Cl2N2O7. The number of pyridine rings is 1. The van der Waals surface area contributed by atoms with Crippen molar-refractivity contribution in [2.45, 2.75) is 38.5 Å². The van der Waals surface area contributed by atoms with E-state index in [9.17, 15) is 14.7 Å². The summed E-state index contributed by atoms with van der Waals surface area (Å²) in [6.07, 6.45) is 0.423. The Labute approximate surface area is 242 Å². The highest BCUT2D eigenvalue weighted by molar-refractivity contribution is 6.35. The number of aromatic hydroxyl groups is 1. The van der Waals surface area contributed by atoms with Crippen molar-refractivity contribution in [3.05, 3.63) is 81.6 Å². The largest absolute Gasteiger partial charge is 0.503 e. The first-order chi connectivity index (χ1) is 19.2. The second kappa shape index (κ2) is 13.2. The number of hydrogen-bond donors (Lipinski definition) is 2. The molecule has 0 saturated carbocycles. The first-order valence-electron chi connectivity index (χ1n) is 12.6. The number of methoxy groups -OCH3 is 1. The molecule has 0 spiro atoms. The topological polar surface area (TPSA) is 116 Å². The molecule has 0 bridgehead atoms. The van der Waals surface area contributed by atoms with E-state index >= 15 is 0 Å². The summed E-state index contributed by atoms with van der Waals surface area (Å²) < 4.78 is 23.2. The van der Waals surface area contributed by atoms with Crippen molar-refractivity contribution in [2.75, 3.05) is 20.3 Å². The molecule has 1 amide bonds. The summed E-state index contributed by atoms with van der Waals surface area (Å²) in [5.41, 5.74) is 1.61. The summed E-state index contributed by atoms with van der Waals surface area (Å²) >= 11 is 12.6. The maximum Gasteiger partial charge on any atom is 0.331 e. The summed E-state index contributed by atoms with van der Waals surface area (Å²) in [5.74, 6) is -1.56. The number of rotatable bonds is 7. The van der Waals surface area contributed by atoms with Crippen LogP contribution in [0.3, 0.4) is 0 Å². The number of nitrogens with zero attached hydrogens (tertiary/aromatic N) is 1. The molecule has 9 nitrogen and oxygen atoms in total. The number of benzene rings is 2. The van der Waals surface area contributed by atoms with E-state index in [1.165, 1.54) is 19.4 Å². The van der Waals surface area contributed by atoms with E-state index in [1.807, 2.05) is 37.3 Å². The highest BCUT2D eigenvalue weighted by atomic mass is 35.5. The predicted octanol–water partition coefficient (Wildman–Crippen LogP) is 4.78. The van der Waals surface area contributed by atoms with Crippen molar-refractivity contribution in [2.24, 2.45) is 5.92 Å². The zero-order valence-electron chi connectivity index (χ0n) is 22.2. The molecular weight excluding hydrogens is 559 g/mol. The van der Waals surface area contributed by atoms with Crippen LogP contribution in [0.1, 0.15) is 28.5 Å². The molecule has 0 radical (unpaired) electrons. The number of hydrogen-bond acceptors (Lipinski definition) is 8. The minimum absolute atomic E-state index is 0.0712. The summed E-state index contributed by atoms with van der Waals surface area (Å²) in [6.45, 7) is 3.70. The van der Waals surface area contributed by atoms with E-state index in [0.29, 0.717) is 22.2 Å². The van der Waals surface area contributed by atoms with E-state index in [4.69, 9.17) is 42.1 Å². The fourth-order valence-electron chi connectivity index (χ4n) is 4.42.